The Morgan fingerprint density at radius 3 is 2.48 bits per heavy atom. The minimum Gasteiger partial charge on any atom is -0.472 e. The summed E-state index contributed by atoms with van der Waals surface area (Å²) in [5.41, 5.74) is 0.909. The molecule has 0 aliphatic carbocycles. The third-order valence-corrected chi connectivity index (χ3v) is 4.22. The Bertz CT molecular complexity index is 691. The molecule has 7 heteroatoms. The van der Waals surface area contributed by atoms with Crippen LogP contribution in [0.1, 0.15) is 23.7 Å². The molecule has 2 rings (SSSR count). The third-order valence-electron chi connectivity index (χ3n) is 2.75. The van der Waals surface area contributed by atoms with E-state index >= 15 is 0 Å². The number of nitrogens with one attached hydrogen (secondary N) is 2. The van der Waals surface area contributed by atoms with E-state index in [4.69, 9.17) is 4.42 Å². The molecule has 2 aromatic rings. The van der Waals surface area contributed by atoms with Crippen LogP contribution in [0, 0.1) is 0 Å². The molecular weight excluding hydrogens is 292 g/mol. The summed E-state index contributed by atoms with van der Waals surface area (Å²) in [7, 11) is -3.49. The first-order valence-corrected chi connectivity index (χ1v) is 7.94. The maximum absolute atomic E-state index is 11.9. The van der Waals surface area contributed by atoms with Gasteiger partial charge in [0.15, 0.2) is 0 Å². The Hall–Kier alpha value is -2.12. The van der Waals surface area contributed by atoms with E-state index in [1.807, 2.05) is 6.92 Å². The van der Waals surface area contributed by atoms with Crippen LogP contribution < -0.4 is 10.0 Å². The average molecular weight is 308 g/mol. The van der Waals surface area contributed by atoms with E-state index in [1.165, 1.54) is 24.7 Å². The first-order chi connectivity index (χ1) is 10.0. The summed E-state index contributed by atoms with van der Waals surface area (Å²) >= 11 is 0. The van der Waals surface area contributed by atoms with Gasteiger partial charge in [-0.1, -0.05) is 6.92 Å². The van der Waals surface area contributed by atoms with Crippen molar-refractivity contribution in [2.45, 2.75) is 18.2 Å². The van der Waals surface area contributed by atoms with E-state index in [2.05, 4.69) is 10.0 Å². The fourth-order valence-corrected chi connectivity index (χ4v) is 2.77. The van der Waals surface area contributed by atoms with Gasteiger partial charge in [0.2, 0.25) is 10.0 Å². The molecule has 6 nitrogen and oxygen atoms in total. The summed E-state index contributed by atoms with van der Waals surface area (Å²) < 4.78 is 31.1. The standard InChI is InChI=1S/C14H16N2O4S/c1-2-8-15-21(18,19)13-5-3-12(4-6-13)16-14(17)11-7-9-20-10-11/h3-7,9-10,15H,2,8H2,1H3,(H,16,17). The molecule has 2 N–H and O–H groups in total. The molecule has 1 aromatic heterocycles. The van der Waals surface area contributed by atoms with Gasteiger partial charge in [-0.15, -0.1) is 0 Å². The van der Waals surface area contributed by atoms with E-state index < -0.39 is 10.0 Å². The van der Waals surface area contributed by atoms with Gasteiger partial charge in [0.25, 0.3) is 5.91 Å². The Labute approximate surface area is 123 Å². The van der Waals surface area contributed by atoms with E-state index in [0.29, 0.717) is 17.8 Å². The number of furan rings is 1. The minimum atomic E-state index is -3.49. The second kappa shape index (κ2) is 6.55. The van der Waals surface area contributed by atoms with Gasteiger partial charge in [-0.2, -0.15) is 0 Å². The summed E-state index contributed by atoms with van der Waals surface area (Å²) in [6, 6.07) is 7.52. The van der Waals surface area contributed by atoms with Crippen molar-refractivity contribution in [2.75, 3.05) is 11.9 Å². The molecule has 0 spiro atoms. The van der Waals surface area contributed by atoms with Crippen LogP contribution in [0.4, 0.5) is 5.69 Å². The van der Waals surface area contributed by atoms with Crippen LogP contribution in [0.2, 0.25) is 0 Å². The van der Waals surface area contributed by atoms with E-state index in [0.717, 1.165) is 6.42 Å². The Morgan fingerprint density at radius 2 is 1.90 bits per heavy atom. The van der Waals surface area contributed by atoms with E-state index in [9.17, 15) is 13.2 Å². The maximum Gasteiger partial charge on any atom is 0.258 e. The molecule has 0 fully saturated rings. The van der Waals surface area contributed by atoms with Crippen molar-refractivity contribution >= 4 is 21.6 Å². The Kier molecular flexibility index (Phi) is 4.77. The van der Waals surface area contributed by atoms with E-state index in [1.54, 1.807) is 18.2 Å². The zero-order valence-corrected chi connectivity index (χ0v) is 12.3. The summed E-state index contributed by atoms with van der Waals surface area (Å²) in [4.78, 5) is 12.0. The van der Waals surface area contributed by atoms with Crippen LogP contribution in [0.5, 0.6) is 0 Å². The van der Waals surface area contributed by atoms with Gasteiger partial charge in [0.05, 0.1) is 16.7 Å². The highest BCUT2D eigenvalue weighted by atomic mass is 32.2. The molecule has 0 unspecified atom stereocenters. The van der Waals surface area contributed by atoms with Crippen molar-refractivity contribution in [3.63, 3.8) is 0 Å². The lowest BCUT2D eigenvalue weighted by atomic mass is 10.3. The first kappa shape index (κ1) is 15.3. The number of hydrogen-bond acceptors (Lipinski definition) is 4. The third kappa shape index (κ3) is 3.93. The zero-order valence-electron chi connectivity index (χ0n) is 11.5. The second-order valence-electron chi connectivity index (χ2n) is 4.39. The molecule has 21 heavy (non-hydrogen) atoms. The second-order valence-corrected chi connectivity index (χ2v) is 6.16. The van der Waals surface area contributed by atoms with Crippen molar-refractivity contribution in [3.8, 4) is 0 Å². The van der Waals surface area contributed by atoms with Gasteiger partial charge in [-0.05, 0) is 36.8 Å². The molecule has 112 valence electrons. The fourth-order valence-electron chi connectivity index (χ4n) is 1.63. The van der Waals surface area contributed by atoms with Crippen molar-refractivity contribution in [3.05, 3.63) is 48.4 Å². The molecule has 0 saturated heterocycles. The number of hydrogen-bond donors (Lipinski definition) is 2. The van der Waals surface area contributed by atoms with Crippen molar-refractivity contribution in [1.29, 1.82) is 0 Å². The van der Waals surface area contributed by atoms with Gasteiger partial charge in [-0.3, -0.25) is 4.79 Å². The monoisotopic (exact) mass is 308 g/mol. The van der Waals surface area contributed by atoms with Crippen LogP contribution in [-0.2, 0) is 10.0 Å². The van der Waals surface area contributed by atoms with Crippen molar-refractivity contribution < 1.29 is 17.6 Å². The van der Waals surface area contributed by atoms with Crippen molar-refractivity contribution in [1.82, 2.24) is 4.72 Å². The molecule has 0 radical (unpaired) electrons. The summed E-state index contributed by atoms with van der Waals surface area (Å²) in [6.07, 6.45) is 3.46. The summed E-state index contributed by atoms with van der Waals surface area (Å²) in [5, 5.41) is 2.65. The lowest BCUT2D eigenvalue weighted by molar-refractivity contribution is 0.102. The predicted molar refractivity (Wildman–Crippen MR) is 78.6 cm³/mol. The fraction of sp³-hybridized carbons (Fsp3) is 0.214. The zero-order chi connectivity index (χ0) is 15.3. The molecule has 1 aromatic carbocycles. The largest absolute Gasteiger partial charge is 0.472 e. The molecule has 0 aliphatic heterocycles. The van der Waals surface area contributed by atoms with Crippen LogP contribution in [0.25, 0.3) is 0 Å². The predicted octanol–water partition coefficient (Wildman–Crippen LogP) is 2.22. The molecule has 1 heterocycles. The Balaban J connectivity index is 2.07. The summed E-state index contributed by atoms with van der Waals surface area (Å²) in [5.74, 6) is -0.316. The number of anilines is 1. The summed E-state index contributed by atoms with van der Waals surface area (Å²) in [6.45, 7) is 2.28. The average Bonchev–Trinajstić information content (AvgIpc) is 3.00. The van der Waals surface area contributed by atoms with Gasteiger partial charge in [-0.25, -0.2) is 13.1 Å². The highest BCUT2D eigenvalue weighted by Gasteiger charge is 2.13. The minimum absolute atomic E-state index is 0.164. The topological polar surface area (TPSA) is 88.4 Å². The SMILES string of the molecule is CCCNS(=O)(=O)c1ccc(NC(=O)c2ccoc2)cc1. The number of benzene rings is 1. The van der Waals surface area contributed by atoms with Crippen LogP contribution >= 0.6 is 0 Å². The molecule has 0 saturated carbocycles. The quantitative estimate of drug-likeness (QED) is 0.856. The van der Waals surface area contributed by atoms with Gasteiger partial charge in [0, 0.05) is 12.2 Å². The van der Waals surface area contributed by atoms with Gasteiger partial charge < -0.3 is 9.73 Å². The number of amides is 1. The molecule has 0 atom stereocenters. The molecule has 0 aliphatic rings. The lowest BCUT2D eigenvalue weighted by Crippen LogP contribution is -2.24. The number of sulfonamides is 1. The number of carbonyl (C=O) groups is 1. The van der Waals surface area contributed by atoms with Gasteiger partial charge in [0.1, 0.15) is 6.26 Å². The van der Waals surface area contributed by atoms with E-state index in [-0.39, 0.29) is 10.8 Å². The van der Waals surface area contributed by atoms with Crippen LogP contribution in [-0.4, -0.2) is 20.9 Å². The normalized spacial score (nSPS) is 11.3. The smallest absolute Gasteiger partial charge is 0.258 e. The number of carbonyl (C=O) groups excluding carboxylic acids is 1. The number of rotatable bonds is 6. The van der Waals surface area contributed by atoms with Crippen LogP contribution in [0.3, 0.4) is 0 Å². The molecular formula is C14H16N2O4S. The van der Waals surface area contributed by atoms with Crippen LogP contribution in [0.15, 0.2) is 52.2 Å². The maximum atomic E-state index is 11.9. The highest BCUT2D eigenvalue weighted by molar-refractivity contribution is 7.89. The molecule has 0 bridgehead atoms. The highest BCUT2D eigenvalue weighted by Crippen LogP contribution is 2.15. The Morgan fingerprint density at radius 1 is 1.19 bits per heavy atom. The van der Waals surface area contributed by atoms with Gasteiger partial charge >= 0.3 is 0 Å². The van der Waals surface area contributed by atoms with Crippen molar-refractivity contribution in [2.24, 2.45) is 0 Å². The lowest BCUT2D eigenvalue weighted by Gasteiger charge is -2.07. The first-order valence-electron chi connectivity index (χ1n) is 6.46. The molecule has 1 amide bonds.